The number of carbonyl (C=O) groups is 2. The molecule has 2 N–H and O–H groups in total. The Morgan fingerprint density at radius 1 is 1.00 bits per heavy atom. The molecule has 2 aromatic rings. The van der Waals surface area contributed by atoms with Crippen molar-refractivity contribution in [2.45, 2.75) is 6.18 Å². The van der Waals surface area contributed by atoms with Gasteiger partial charge < -0.3 is 10.4 Å². The molecule has 23 heavy (non-hydrogen) atoms. The average Bonchev–Trinajstić information content (AvgIpc) is 2.46. The Kier molecular flexibility index (Phi) is 4.35. The predicted octanol–water partition coefficient (Wildman–Crippen LogP) is 3.80. The minimum atomic E-state index is -4.81. The summed E-state index contributed by atoms with van der Waals surface area (Å²) in [4.78, 5) is 22.7. The molecule has 0 heterocycles. The van der Waals surface area contributed by atoms with Crippen LogP contribution in [0.15, 0.2) is 42.5 Å². The predicted molar refractivity (Wildman–Crippen MR) is 72.8 cm³/mol. The molecule has 120 valence electrons. The molecule has 0 aliphatic heterocycles. The van der Waals surface area contributed by atoms with Crippen LogP contribution in [0.1, 0.15) is 26.3 Å². The quantitative estimate of drug-likeness (QED) is 0.843. The van der Waals surface area contributed by atoms with Crippen molar-refractivity contribution in [3.63, 3.8) is 0 Å². The van der Waals surface area contributed by atoms with E-state index in [1.165, 1.54) is 24.3 Å². The lowest BCUT2D eigenvalue weighted by Crippen LogP contribution is -2.19. The van der Waals surface area contributed by atoms with Crippen LogP contribution < -0.4 is 5.32 Å². The number of anilines is 1. The highest BCUT2D eigenvalue weighted by Gasteiger charge is 2.35. The summed E-state index contributed by atoms with van der Waals surface area (Å²) in [5.41, 5.74) is -2.10. The zero-order valence-corrected chi connectivity index (χ0v) is 11.3. The molecule has 2 aromatic carbocycles. The fraction of sp³-hybridized carbons (Fsp3) is 0.0667. The molecule has 0 aromatic heterocycles. The highest BCUT2D eigenvalue weighted by Crippen LogP contribution is 2.32. The maximum Gasteiger partial charge on any atom is 0.417 e. The average molecular weight is 327 g/mol. The molecule has 0 fully saturated rings. The van der Waals surface area contributed by atoms with Gasteiger partial charge in [0, 0.05) is 5.69 Å². The third-order valence-electron chi connectivity index (χ3n) is 2.92. The fourth-order valence-electron chi connectivity index (χ4n) is 1.85. The summed E-state index contributed by atoms with van der Waals surface area (Å²) in [6.45, 7) is 0. The van der Waals surface area contributed by atoms with Gasteiger partial charge in [-0.15, -0.1) is 0 Å². The third kappa shape index (κ3) is 3.85. The number of hydrogen-bond acceptors (Lipinski definition) is 2. The van der Waals surface area contributed by atoms with E-state index in [2.05, 4.69) is 5.32 Å². The number of carboxylic acid groups (broad SMARTS) is 1. The van der Waals surface area contributed by atoms with Crippen LogP contribution in [0.25, 0.3) is 0 Å². The number of carboxylic acids is 1. The number of halogens is 4. The lowest BCUT2D eigenvalue weighted by atomic mass is 10.1. The Bertz CT molecular complexity index is 754. The Hall–Kier alpha value is -2.90. The molecule has 2 rings (SSSR count). The van der Waals surface area contributed by atoms with Crippen molar-refractivity contribution >= 4 is 17.6 Å². The van der Waals surface area contributed by atoms with E-state index in [-0.39, 0.29) is 11.3 Å². The van der Waals surface area contributed by atoms with Crippen LogP contribution in [0, 0.1) is 5.82 Å². The molecule has 0 unspecified atom stereocenters. The molecule has 0 atom stereocenters. The standard InChI is InChI=1S/C15H9F4NO3/c16-9-3-6-12(15(17,18)19)11(7-9)13(21)20-10-4-1-8(2-5-10)14(22)23/h1-7H,(H,20,21)(H,22,23). The first-order valence-corrected chi connectivity index (χ1v) is 6.20. The minimum absolute atomic E-state index is 0.0512. The normalized spacial score (nSPS) is 11.1. The number of carbonyl (C=O) groups excluding carboxylic acids is 1. The van der Waals surface area contributed by atoms with Crippen molar-refractivity contribution in [2.75, 3.05) is 5.32 Å². The topological polar surface area (TPSA) is 66.4 Å². The molecule has 0 saturated carbocycles. The monoisotopic (exact) mass is 327 g/mol. The summed E-state index contributed by atoms with van der Waals surface area (Å²) < 4.78 is 51.7. The van der Waals surface area contributed by atoms with Crippen molar-refractivity contribution in [2.24, 2.45) is 0 Å². The van der Waals surface area contributed by atoms with Crippen LogP contribution >= 0.6 is 0 Å². The number of nitrogens with one attached hydrogen (secondary N) is 1. The lowest BCUT2D eigenvalue weighted by molar-refractivity contribution is -0.137. The van der Waals surface area contributed by atoms with Gasteiger partial charge in [-0.2, -0.15) is 13.2 Å². The summed E-state index contributed by atoms with van der Waals surface area (Å²) in [5.74, 6) is -3.32. The van der Waals surface area contributed by atoms with Crippen LogP contribution in [0.5, 0.6) is 0 Å². The van der Waals surface area contributed by atoms with E-state index in [9.17, 15) is 27.2 Å². The second-order valence-corrected chi connectivity index (χ2v) is 4.52. The van der Waals surface area contributed by atoms with E-state index in [4.69, 9.17) is 5.11 Å². The summed E-state index contributed by atoms with van der Waals surface area (Å²) in [6, 6.07) is 6.37. The summed E-state index contributed by atoms with van der Waals surface area (Å²) in [6.07, 6.45) is -4.81. The molecule has 0 bridgehead atoms. The summed E-state index contributed by atoms with van der Waals surface area (Å²) >= 11 is 0. The fourth-order valence-corrected chi connectivity index (χ4v) is 1.85. The van der Waals surface area contributed by atoms with E-state index in [0.29, 0.717) is 18.2 Å². The van der Waals surface area contributed by atoms with E-state index < -0.39 is 35.0 Å². The molecular weight excluding hydrogens is 318 g/mol. The second-order valence-electron chi connectivity index (χ2n) is 4.52. The summed E-state index contributed by atoms with van der Waals surface area (Å²) in [5, 5.41) is 10.9. The van der Waals surface area contributed by atoms with E-state index in [1.807, 2.05) is 0 Å². The van der Waals surface area contributed by atoms with Crippen LogP contribution in [0.2, 0.25) is 0 Å². The number of hydrogen-bond donors (Lipinski definition) is 2. The van der Waals surface area contributed by atoms with Gasteiger partial charge in [-0.25, -0.2) is 9.18 Å². The molecule has 8 heteroatoms. The Labute approximate surface area is 127 Å². The van der Waals surface area contributed by atoms with Gasteiger partial charge >= 0.3 is 12.1 Å². The Morgan fingerprint density at radius 2 is 1.61 bits per heavy atom. The van der Waals surface area contributed by atoms with Crippen molar-refractivity contribution < 1.29 is 32.3 Å². The number of amides is 1. The largest absolute Gasteiger partial charge is 0.478 e. The maximum atomic E-state index is 13.2. The van der Waals surface area contributed by atoms with Gasteiger partial charge in [-0.3, -0.25) is 4.79 Å². The third-order valence-corrected chi connectivity index (χ3v) is 2.92. The highest BCUT2D eigenvalue weighted by molar-refractivity contribution is 6.05. The maximum absolute atomic E-state index is 13.2. The first-order chi connectivity index (χ1) is 10.7. The molecule has 4 nitrogen and oxygen atoms in total. The second kappa shape index (κ2) is 6.07. The molecule has 1 amide bonds. The zero-order valence-electron chi connectivity index (χ0n) is 11.3. The molecule has 0 spiro atoms. The first kappa shape index (κ1) is 16.5. The van der Waals surface area contributed by atoms with Gasteiger partial charge in [-0.05, 0) is 42.5 Å². The summed E-state index contributed by atoms with van der Waals surface area (Å²) in [7, 11) is 0. The number of benzene rings is 2. The van der Waals surface area contributed by atoms with Gasteiger partial charge in [0.15, 0.2) is 0 Å². The molecular formula is C15H9F4NO3. The van der Waals surface area contributed by atoms with Crippen molar-refractivity contribution in [1.29, 1.82) is 0 Å². The van der Waals surface area contributed by atoms with Crippen molar-refractivity contribution in [3.05, 3.63) is 65.0 Å². The van der Waals surface area contributed by atoms with Crippen LogP contribution in [0.3, 0.4) is 0 Å². The van der Waals surface area contributed by atoms with Crippen LogP contribution in [-0.2, 0) is 6.18 Å². The molecule has 0 aliphatic rings. The van der Waals surface area contributed by atoms with Gasteiger partial charge in [0.1, 0.15) is 5.82 Å². The van der Waals surface area contributed by atoms with E-state index in [0.717, 1.165) is 0 Å². The Morgan fingerprint density at radius 3 is 2.13 bits per heavy atom. The van der Waals surface area contributed by atoms with Crippen molar-refractivity contribution in [3.8, 4) is 0 Å². The highest BCUT2D eigenvalue weighted by atomic mass is 19.4. The first-order valence-electron chi connectivity index (χ1n) is 6.20. The van der Waals surface area contributed by atoms with Crippen LogP contribution in [0.4, 0.5) is 23.2 Å². The van der Waals surface area contributed by atoms with E-state index >= 15 is 0 Å². The minimum Gasteiger partial charge on any atom is -0.478 e. The number of aromatic carboxylic acids is 1. The van der Waals surface area contributed by atoms with Gasteiger partial charge in [-0.1, -0.05) is 0 Å². The van der Waals surface area contributed by atoms with Crippen molar-refractivity contribution in [1.82, 2.24) is 0 Å². The van der Waals surface area contributed by atoms with E-state index in [1.54, 1.807) is 0 Å². The smallest absolute Gasteiger partial charge is 0.417 e. The van der Waals surface area contributed by atoms with Gasteiger partial charge in [0.25, 0.3) is 5.91 Å². The molecule has 0 aliphatic carbocycles. The zero-order chi connectivity index (χ0) is 17.2. The lowest BCUT2D eigenvalue weighted by Gasteiger charge is -2.13. The van der Waals surface area contributed by atoms with Crippen LogP contribution in [-0.4, -0.2) is 17.0 Å². The number of alkyl halides is 3. The van der Waals surface area contributed by atoms with Gasteiger partial charge in [0.05, 0.1) is 16.7 Å². The molecule has 0 saturated heterocycles. The Balaban J connectivity index is 2.30. The number of rotatable bonds is 3. The van der Waals surface area contributed by atoms with Gasteiger partial charge in [0.2, 0.25) is 0 Å². The molecule has 0 radical (unpaired) electrons. The SMILES string of the molecule is O=C(O)c1ccc(NC(=O)c2cc(F)ccc2C(F)(F)F)cc1.